The highest BCUT2D eigenvalue weighted by Crippen LogP contribution is 2.18. The Labute approximate surface area is 109 Å². The predicted octanol–water partition coefficient (Wildman–Crippen LogP) is 0.692. The van der Waals surface area contributed by atoms with E-state index in [1.54, 1.807) is 22.7 Å². The number of fused-ring (bicyclic) bond motifs is 1. The summed E-state index contributed by atoms with van der Waals surface area (Å²) in [6, 6.07) is 5.38. The molecule has 0 radical (unpaired) electrons. The minimum atomic E-state index is -1.01. The molecule has 7 nitrogen and oxygen atoms in total. The molecule has 1 fully saturated rings. The minimum absolute atomic E-state index is 0.141. The van der Waals surface area contributed by atoms with Gasteiger partial charge in [0.05, 0.1) is 13.2 Å². The van der Waals surface area contributed by atoms with Crippen molar-refractivity contribution in [1.82, 2.24) is 14.4 Å². The lowest BCUT2D eigenvalue weighted by atomic mass is 10.4. The van der Waals surface area contributed by atoms with E-state index in [0.717, 1.165) is 0 Å². The molecule has 1 aliphatic heterocycles. The highest BCUT2D eigenvalue weighted by atomic mass is 16.5. The number of anilines is 1. The number of pyridine rings is 1. The Bertz CT molecular complexity index is 604. The average Bonchev–Trinajstić information content (AvgIpc) is 2.77. The van der Waals surface area contributed by atoms with Crippen LogP contribution in [0.3, 0.4) is 0 Å². The van der Waals surface area contributed by atoms with E-state index in [1.807, 2.05) is 11.1 Å². The molecule has 1 saturated heterocycles. The van der Waals surface area contributed by atoms with Gasteiger partial charge in [-0.1, -0.05) is 6.07 Å². The van der Waals surface area contributed by atoms with Crippen molar-refractivity contribution in [2.24, 2.45) is 0 Å². The summed E-state index contributed by atoms with van der Waals surface area (Å²) in [5.41, 5.74) is 3.81. The summed E-state index contributed by atoms with van der Waals surface area (Å²) in [6.45, 7) is 2.66. The second kappa shape index (κ2) is 4.87. The smallest absolute Gasteiger partial charge is 0.356 e. The zero-order valence-electron chi connectivity index (χ0n) is 10.2. The molecule has 0 spiro atoms. The summed E-state index contributed by atoms with van der Waals surface area (Å²) in [4.78, 5) is 15.7. The number of morpholine rings is 1. The average molecular weight is 262 g/mol. The molecule has 1 aliphatic rings. The first kappa shape index (κ1) is 11.9. The molecule has 100 valence electrons. The van der Waals surface area contributed by atoms with Crippen molar-refractivity contribution in [3.63, 3.8) is 0 Å². The number of carboxylic acid groups (broad SMARTS) is 1. The van der Waals surface area contributed by atoms with Crippen LogP contribution in [0.15, 0.2) is 24.4 Å². The minimum Gasteiger partial charge on any atom is -0.476 e. The molecule has 0 aromatic carbocycles. The summed E-state index contributed by atoms with van der Waals surface area (Å²) in [7, 11) is 0. The number of hydrogen-bond acceptors (Lipinski definition) is 5. The predicted molar refractivity (Wildman–Crippen MR) is 68.2 cm³/mol. The Kier molecular flexibility index (Phi) is 3.06. The van der Waals surface area contributed by atoms with Gasteiger partial charge in [0, 0.05) is 19.3 Å². The van der Waals surface area contributed by atoms with Crippen molar-refractivity contribution in [2.45, 2.75) is 0 Å². The first-order valence-corrected chi connectivity index (χ1v) is 6.05. The summed E-state index contributed by atoms with van der Waals surface area (Å²) >= 11 is 0. The molecule has 0 bridgehead atoms. The molecule has 19 heavy (non-hydrogen) atoms. The molecule has 2 aromatic rings. The van der Waals surface area contributed by atoms with Crippen LogP contribution in [0.1, 0.15) is 10.5 Å². The van der Waals surface area contributed by atoms with Gasteiger partial charge in [0.2, 0.25) is 0 Å². The maximum Gasteiger partial charge on any atom is 0.356 e. The Balaban J connectivity index is 1.97. The number of carbonyl (C=O) groups is 1. The molecule has 0 unspecified atom stereocenters. The largest absolute Gasteiger partial charge is 0.476 e. The Morgan fingerprint density at radius 3 is 2.89 bits per heavy atom. The van der Waals surface area contributed by atoms with Gasteiger partial charge in [-0.3, -0.25) is 4.40 Å². The van der Waals surface area contributed by atoms with Crippen LogP contribution in [0.5, 0.6) is 0 Å². The van der Waals surface area contributed by atoms with Gasteiger partial charge in [-0.15, -0.1) is 0 Å². The van der Waals surface area contributed by atoms with E-state index in [2.05, 4.69) is 10.4 Å². The number of aromatic carboxylic acids is 1. The van der Waals surface area contributed by atoms with Gasteiger partial charge in [-0.25, -0.2) is 14.8 Å². The van der Waals surface area contributed by atoms with Crippen molar-refractivity contribution < 1.29 is 14.6 Å². The Hall–Kier alpha value is -2.12. The lowest BCUT2D eigenvalue weighted by molar-refractivity contribution is 0.0493. The molecular weight excluding hydrogens is 248 g/mol. The third-order valence-electron chi connectivity index (χ3n) is 3.01. The van der Waals surface area contributed by atoms with E-state index < -0.39 is 5.97 Å². The maximum atomic E-state index is 11.4. The molecule has 0 saturated carbocycles. The molecule has 7 heteroatoms. The monoisotopic (exact) mass is 262 g/mol. The fourth-order valence-electron chi connectivity index (χ4n) is 2.10. The second-order valence-corrected chi connectivity index (χ2v) is 4.25. The van der Waals surface area contributed by atoms with E-state index in [4.69, 9.17) is 4.74 Å². The molecule has 2 N–H and O–H groups in total. The van der Waals surface area contributed by atoms with E-state index in [1.165, 1.54) is 0 Å². The molecule has 3 heterocycles. The van der Waals surface area contributed by atoms with E-state index >= 15 is 0 Å². The summed E-state index contributed by atoms with van der Waals surface area (Å²) in [5.74, 6) is -0.643. The number of hydrazine groups is 1. The maximum absolute atomic E-state index is 11.4. The number of ether oxygens (including phenoxy) is 1. The first-order chi connectivity index (χ1) is 9.25. The zero-order chi connectivity index (χ0) is 13.2. The van der Waals surface area contributed by atoms with Crippen LogP contribution in [-0.2, 0) is 4.74 Å². The fourth-order valence-corrected chi connectivity index (χ4v) is 2.10. The number of nitrogens with zero attached hydrogens (tertiary/aromatic N) is 3. The van der Waals surface area contributed by atoms with Crippen molar-refractivity contribution in [2.75, 3.05) is 31.7 Å². The highest BCUT2D eigenvalue weighted by molar-refractivity contribution is 5.92. The third kappa shape index (κ3) is 2.25. The number of rotatable bonds is 3. The highest BCUT2D eigenvalue weighted by Gasteiger charge is 2.20. The van der Waals surface area contributed by atoms with Crippen LogP contribution in [-0.4, -0.2) is 51.8 Å². The quantitative estimate of drug-likeness (QED) is 0.847. The van der Waals surface area contributed by atoms with Crippen LogP contribution in [0.4, 0.5) is 5.82 Å². The van der Waals surface area contributed by atoms with Crippen LogP contribution in [0.25, 0.3) is 5.65 Å². The number of nitrogens with one attached hydrogen (secondary N) is 1. The van der Waals surface area contributed by atoms with E-state index in [0.29, 0.717) is 37.8 Å². The van der Waals surface area contributed by atoms with Gasteiger partial charge in [-0.05, 0) is 12.1 Å². The topological polar surface area (TPSA) is 79.1 Å². The number of imidazole rings is 1. The van der Waals surface area contributed by atoms with Gasteiger partial charge in [-0.2, -0.15) is 0 Å². The van der Waals surface area contributed by atoms with E-state index in [-0.39, 0.29) is 5.69 Å². The molecule has 0 amide bonds. The van der Waals surface area contributed by atoms with Gasteiger partial charge < -0.3 is 15.3 Å². The normalized spacial score (nSPS) is 16.6. The van der Waals surface area contributed by atoms with E-state index in [9.17, 15) is 9.90 Å². The van der Waals surface area contributed by atoms with Crippen molar-refractivity contribution in [3.8, 4) is 0 Å². The second-order valence-electron chi connectivity index (χ2n) is 4.25. The first-order valence-electron chi connectivity index (χ1n) is 6.05. The number of carboxylic acids is 1. The summed E-state index contributed by atoms with van der Waals surface area (Å²) in [5, 5.41) is 11.3. The van der Waals surface area contributed by atoms with Crippen molar-refractivity contribution in [1.29, 1.82) is 0 Å². The van der Waals surface area contributed by atoms with Gasteiger partial charge in [0.25, 0.3) is 0 Å². The van der Waals surface area contributed by atoms with Gasteiger partial charge in [0.15, 0.2) is 11.5 Å². The van der Waals surface area contributed by atoms with Gasteiger partial charge >= 0.3 is 5.97 Å². The van der Waals surface area contributed by atoms with Crippen LogP contribution in [0.2, 0.25) is 0 Å². The zero-order valence-corrected chi connectivity index (χ0v) is 10.2. The van der Waals surface area contributed by atoms with Crippen LogP contribution < -0.4 is 5.43 Å². The Morgan fingerprint density at radius 2 is 2.16 bits per heavy atom. The SMILES string of the molecule is O=C(O)c1c(NN2CCOCC2)nc2ccccn12. The third-order valence-corrected chi connectivity index (χ3v) is 3.01. The number of aromatic nitrogens is 2. The molecule has 0 atom stereocenters. The van der Waals surface area contributed by atoms with Gasteiger partial charge in [0.1, 0.15) is 5.65 Å². The molecule has 2 aromatic heterocycles. The molecule has 0 aliphatic carbocycles. The van der Waals surface area contributed by atoms with Crippen molar-refractivity contribution >= 4 is 17.4 Å². The standard InChI is InChI=1S/C12H14N4O3/c17-12(18)10-11(14-15-5-7-19-8-6-15)13-9-3-1-2-4-16(9)10/h1-4,14H,5-8H2,(H,17,18). The summed E-state index contributed by atoms with van der Waals surface area (Å²) < 4.78 is 6.81. The van der Waals surface area contributed by atoms with Crippen LogP contribution >= 0.6 is 0 Å². The van der Waals surface area contributed by atoms with Crippen molar-refractivity contribution in [3.05, 3.63) is 30.1 Å². The lowest BCUT2D eigenvalue weighted by Crippen LogP contribution is -2.40. The molecule has 3 rings (SSSR count). The summed E-state index contributed by atoms with van der Waals surface area (Å²) in [6.07, 6.45) is 1.69. The number of hydrogen-bond donors (Lipinski definition) is 2. The molecular formula is C12H14N4O3. The Morgan fingerprint density at radius 1 is 1.37 bits per heavy atom. The lowest BCUT2D eigenvalue weighted by Gasteiger charge is -2.27. The van der Waals surface area contributed by atoms with Crippen LogP contribution in [0, 0.1) is 0 Å². The fraction of sp³-hybridized carbons (Fsp3) is 0.333.